The monoisotopic (exact) mass is 448 g/mol. The molecule has 170 valence electrons. The van der Waals surface area contributed by atoms with Crippen molar-refractivity contribution in [2.24, 2.45) is 0 Å². The number of aliphatic hydroxyl groups is 3. The van der Waals surface area contributed by atoms with Crippen LogP contribution in [0.4, 0.5) is 0 Å². The average Bonchev–Trinajstić information content (AvgIpc) is 2.76. The Labute approximate surface area is 179 Å². The fourth-order valence-electron chi connectivity index (χ4n) is 3.38. The molecule has 1 saturated heterocycles. The summed E-state index contributed by atoms with van der Waals surface area (Å²) < 4.78 is 21.8. The molecule has 32 heavy (non-hydrogen) atoms. The Hall–Kier alpha value is -3.51. The predicted molar refractivity (Wildman–Crippen MR) is 108 cm³/mol. The summed E-state index contributed by atoms with van der Waals surface area (Å²) in [5, 5.41) is 59.2. The van der Waals surface area contributed by atoms with Crippen molar-refractivity contribution in [3.63, 3.8) is 0 Å². The summed E-state index contributed by atoms with van der Waals surface area (Å²) >= 11 is 0. The fraction of sp³-hybridized carbons (Fsp3) is 0.286. The Bertz CT molecular complexity index is 1220. The maximum absolute atomic E-state index is 13.4. The van der Waals surface area contributed by atoms with Gasteiger partial charge in [0.15, 0.2) is 17.3 Å². The van der Waals surface area contributed by atoms with Crippen LogP contribution in [0.2, 0.25) is 0 Å². The molecule has 3 aromatic rings. The Morgan fingerprint density at radius 1 is 1.00 bits per heavy atom. The summed E-state index contributed by atoms with van der Waals surface area (Å²) in [6.07, 6.45) is -6.18. The molecule has 0 spiro atoms. The van der Waals surface area contributed by atoms with Gasteiger partial charge in [0, 0.05) is 17.7 Å². The lowest BCUT2D eigenvalue weighted by Gasteiger charge is -2.34. The van der Waals surface area contributed by atoms with E-state index in [2.05, 4.69) is 0 Å². The van der Waals surface area contributed by atoms with Gasteiger partial charge in [0.1, 0.15) is 40.8 Å². The van der Waals surface area contributed by atoms with Crippen LogP contribution in [-0.2, 0) is 4.74 Å². The number of benzene rings is 2. The smallest absolute Gasteiger partial charge is 0.239 e. The maximum Gasteiger partial charge on any atom is 0.239 e. The van der Waals surface area contributed by atoms with Crippen molar-refractivity contribution < 1.29 is 49.3 Å². The van der Waals surface area contributed by atoms with E-state index >= 15 is 0 Å². The molecule has 4 rings (SSSR count). The number of rotatable bonds is 4. The van der Waals surface area contributed by atoms with Gasteiger partial charge in [0.2, 0.25) is 17.5 Å². The number of aromatic hydroxyl groups is 3. The SMILES string of the molecule is COc1cc(O)cc2oc(-c3ccc(O)c(O)c3)c(O[C@H]3OC[C@H](O)[C@H](O)[C@@H]3O)c(=O)c12. The molecule has 0 unspecified atom stereocenters. The Morgan fingerprint density at radius 2 is 1.75 bits per heavy atom. The number of hydrogen-bond acceptors (Lipinski definition) is 11. The third-order valence-electron chi connectivity index (χ3n) is 5.05. The van der Waals surface area contributed by atoms with E-state index in [9.17, 15) is 35.4 Å². The predicted octanol–water partition coefficient (Wildman–Crippen LogP) is 0.403. The van der Waals surface area contributed by atoms with Crippen LogP contribution in [0.1, 0.15) is 0 Å². The second kappa shape index (κ2) is 8.20. The number of ether oxygens (including phenoxy) is 3. The van der Waals surface area contributed by atoms with Crippen molar-refractivity contribution in [2.75, 3.05) is 13.7 Å². The van der Waals surface area contributed by atoms with E-state index in [-0.39, 0.29) is 40.4 Å². The Kier molecular flexibility index (Phi) is 5.57. The van der Waals surface area contributed by atoms with Crippen LogP contribution in [-0.4, -0.2) is 69.0 Å². The highest BCUT2D eigenvalue weighted by Gasteiger charge is 2.40. The molecule has 6 N–H and O–H groups in total. The van der Waals surface area contributed by atoms with Gasteiger partial charge in [-0.05, 0) is 18.2 Å². The molecule has 0 saturated carbocycles. The summed E-state index contributed by atoms with van der Waals surface area (Å²) in [4.78, 5) is 13.4. The molecule has 11 heteroatoms. The molecule has 1 fully saturated rings. The number of phenols is 3. The van der Waals surface area contributed by atoms with Gasteiger partial charge >= 0.3 is 0 Å². The largest absolute Gasteiger partial charge is 0.508 e. The van der Waals surface area contributed by atoms with Gasteiger partial charge in [-0.1, -0.05) is 0 Å². The molecule has 2 heterocycles. The van der Waals surface area contributed by atoms with Gasteiger partial charge in [0.05, 0.1) is 13.7 Å². The van der Waals surface area contributed by atoms with Crippen LogP contribution < -0.4 is 14.9 Å². The molecule has 11 nitrogen and oxygen atoms in total. The molecule has 0 amide bonds. The van der Waals surface area contributed by atoms with Crippen LogP contribution in [0, 0.1) is 0 Å². The van der Waals surface area contributed by atoms with E-state index in [1.165, 1.54) is 25.3 Å². The van der Waals surface area contributed by atoms with E-state index in [4.69, 9.17) is 18.6 Å². The first-order valence-electron chi connectivity index (χ1n) is 9.44. The summed E-state index contributed by atoms with van der Waals surface area (Å²) in [6.45, 7) is -0.367. The minimum absolute atomic E-state index is 0.0146. The first kappa shape index (κ1) is 21.7. The molecule has 1 aliphatic rings. The first-order chi connectivity index (χ1) is 15.2. The highest BCUT2D eigenvalue weighted by molar-refractivity contribution is 5.88. The highest BCUT2D eigenvalue weighted by Crippen LogP contribution is 2.39. The fourth-order valence-corrected chi connectivity index (χ4v) is 3.38. The zero-order valence-corrected chi connectivity index (χ0v) is 16.6. The zero-order chi connectivity index (χ0) is 23.2. The minimum Gasteiger partial charge on any atom is -0.508 e. The lowest BCUT2D eigenvalue weighted by Crippen LogP contribution is -2.55. The molecule has 2 aromatic carbocycles. The van der Waals surface area contributed by atoms with Crippen LogP contribution in [0.3, 0.4) is 0 Å². The summed E-state index contributed by atoms with van der Waals surface area (Å²) in [5.74, 6) is -1.85. The number of phenolic OH excluding ortho intramolecular Hbond substituents is 3. The van der Waals surface area contributed by atoms with Crippen molar-refractivity contribution in [1.82, 2.24) is 0 Å². The first-order valence-corrected chi connectivity index (χ1v) is 9.44. The molecule has 4 atom stereocenters. The van der Waals surface area contributed by atoms with E-state index < -0.39 is 47.3 Å². The van der Waals surface area contributed by atoms with Gasteiger partial charge in [0.25, 0.3) is 0 Å². The second-order valence-electron chi connectivity index (χ2n) is 7.18. The molecule has 0 aliphatic carbocycles. The number of methoxy groups -OCH3 is 1. The quantitative estimate of drug-likeness (QED) is 0.304. The lowest BCUT2D eigenvalue weighted by atomic mass is 10.1. The molecular weight excluding hydrogens is 428 g/mol. The van der Waals surface area contributed by atoms with E-state index in [0.29, 0.717) is 0 Å². The van der Waals surface area contributed by atoms with Crippen LogP contribution in [0.5, 0.6) is 28.7 Å². The van der Waals surface area contributed by atoms with Gasteiger partial charge in [-0.15, -0.1) is 0 Å². The number of hydrogen-bond donors (Lipinski definition) is 6. The van der Waals surface area contributed by atoms with Crippen LogP contribution in [0.15, 0.2) is 39.5 Å². The average molecular weight is 448 g/mol. The van der Waals surface area contributed by atoms with E-state index in [1.807, 2.05) is 0 Å². The molecule has 1 aliphatic heterocycles. The third-order valence-corrected chi connectivity index (χ3v) is 5.05. The van der Waals surface area contributed by atoms with Gasteiger partial charge < -0.3 is 49.3 Å². The van der Waals surface area contributed by atoms with Gasteiger partial charge in [-0.25, -0.2) is 0 Å². The highest BCUT2D eigenvalue weighted by atomic mass is 16.7. The van der Waals surface area contributed by atoms with Crippen molar-refractivity contribution in [3.05, 3.63) is 40.6 Å². The zero-order valence-electron chi connectivity index (χ0n) is 16.6. The standard InChI is InChI=1S/C21H20O11/c1-29-13-5-9(22)6-14-15(13)17(27)20(32-21-18(28)16(26)12(25)7-30-21)19(31-14)8-2-3-10(23)11(24)4-8/h2-6,12,16,18,21-26,28H,7H2,1H3/t12-,16-,18-,21+/m0/s1. The topological polar surface area (TPSA) is 179 Å². The van der Waals surface area contributed by atoms with Crippen molar-refractivity contribution in [1.29, 1.82) is 0 Å². The summed E-state index contributed by atoms with van der Waals surface area (Å²) in [5.41, 5.74) is -0.716. The summed E-state index contributed by atoms with van der Waals surface area (Å²) in [7, 11) is 1.28. The molecular formula is C21H20O11. The lowest BCUT2D eigenvalue weighted by molar-refractivity contribution is -0.242. The van der Waals surface area contributed by atoms with Crippen molar-refractivity contribution in [2.45, 2.75) is 24.6 Å². The minimum atomic E-state index is -1.70. The normalized spacial score (nSPS) is 23.2. The van der Waals surface area contributed by atoms with Gasteiger partial charge in [-0.3, -0.25) is 4.79 Å². The van der Waals surface area contributed by atoms with Gasteiger partial charge in [-0.2, -0.15) is 0 Å². The third kappa shape index (κ3) is 3.67. The number of fused-ring (bicyclic) bond motifs is 1. The van der Waals surface area contributed by atoms with Crippen LogP contribution >= 0.6 is 0 Å². The molecule has 0 bridgehead atoms. The van der Waals surface area contributed by atoms with E-state index in [1.54, 1.807) is 0 Å². The van der Waals surface area contributed by atoms with Crippen LogP contribution in [0.25, 0.3) is 22.3 Å². The summed E-state index contributed by atoms with van der Waals surface area (Å²) in [6, 6.07) is 5.99. The Morgan fingerprint density at radius 3 is 2.44 bits per heavy atom. The number of aliphatic hydroxyl groups excluding tert-OH is 3. The van der Waals surface area contributed by atoms with Crippen molar-refractivity contribution in [3.8, 4) is 40.1 Å². The van der Waals surface area contributed by atoms with Crippen molar-refractivity contribution >= 4 is 11.0 Å². The Balaban J connectivity index is 1.94. The molecule has 0 radical (unpaired) electrons. The second-order valence-corrected chi connectivity index (χ2v) is 7.18. The molecule has 1 aromatic heterocycles. The van der Waals surface area contributed by atoms with E-state index in [0.717, 1.165) is 12.1 Å². The maximum atomic E-state index is 13.4.